The molecule has 84 valence electrons. The van der Waals surface area contributed by atoms with E-state index in [1.54, 1.807) is 6.08 Å². The van der Waals surface area contributed by atoms with Gasteiger partial charge in [0.15, 0.2) is 0 Å². The fourth-order valence-corrected chi connectivity index (χ4v) is 2.10. The van der Waals surface area contributed by atoms with Gasteiger partial charge in [-0.3, -0.25) is 0 Å². The van der Waals surface area contributed by atoms with Crippen molar-refractivity contribution in [2.75, 3.05) is 0 Å². The van der Waals surface area contributed by atoms with Crippen LogP contribution >= 0.6 is 11.6 Å². The van der Waals surface area contributed by atoms with E-state index in [-0.39, 0.29) is 5.41 Å². The van der Waals surface area contributed by atoms with E-state index in [4.69, 9.17) is 22.1 Å². The molecule has 1 aliphatic rings. The Morgan fingerprint density at radius 1 is 1.38 bits per heavy atom. The second-order valence-electron chi connectivity index (χ2n) is 5.08. The molecule has 1 atom stereocenters. The van der Waals surface area contributed by atoms with E-state index in [9.17, 15) is 0 Å². The summed E-state index contributed by atoms with van der Waals surface area (Å²) < 4.78 is 0. The maximum atomic E-state index is 9.11. The van der Waals surface area contributed by atoms with Crippen LogP contribution in [0.1, 0.15) is 33.6 Å². The summed E-state index contributed by atoms with van der Waals surface area (Å²) in [5.41, 5.74) is 1.36. The monoisotopic (exact) mass is 234 g/mol. The van der Waals surface area contributed by atoms with Crippen LogP contribution in [0, 0.1) is 28.1 Å². The minimum atomic E-state index is -0.692. The van der Waals surface area contributed by atoms with Gasteiger partial charge in [0.25, 0.3) is 0 Å². The molecule has 3 heteroatoms. The van der Waals surface area contributed by atoms with E-state index in [1.165, 1.54) is 0 Å². The van der Waals surface area contributed by atoms with Crippen molar-refractivity contribution in [2.24, 2.45) is 5.41 Å². The summed E-state index contributed by atoms with van der Waals surface area (Å²) in [7, 11) is 0. The van der Waals surface area contributed by atoms with E-state index in [0.29, 0.717) is 18.4 Å². The van der Waals surface area contributed by atoms with Gasteiger partial charge in [-0.2, -0.15) is 10.5 Å². The maximum absolute atomic E-state index is 9.11. The average molecular weight is 235 g/mol. The number of rotatable bonds is 1. The lowest BCUT2D eigenvalue weighted by Gasteiger charge is -2.41. The number of nitrogens with zero attached hydrogens (tertiary/aromatic N) is 2. The molecule has 0 amide bonds. The number of hydrogen-bond acceptors (Lipinski definition) is 2. The lowest BCUT2D eigenvalue weighted by Crippen LogP contribution is -2.40. The first-order valence-electron chi connectivity index (χ1n) is 5.21. The fraction of sp³-hybridized carbons (Fsp3) is 0.538. The van der Waals surface area contributed by atoms with Gasteiger partial charge < -0.3 is 0 Å². The van der Waals surface area contributed by atoms with E-state index in [1.807, 2.05) is 26.8 Å². The van der Waals surface area contributed by atoms with Crippen LogP contribution in [0.2, 0.25) is 0 Å². The third kappa shape index (κ3) is 2.13. The van der Waals surface area contributed by atoms with Gasteiger partial charge >= 0.3 is 0 Å². The molecule has 0 aromatic carbocycles. The van der Waals surface area contributed by atoms with Crippen LogP contribution < -0.4 is 0 Å². The predicted octanol–water partition coefficient (Wildman–Crippen LogP) is 3.70. The van der Waals surface area contributed by atoms with Gasteiger partial charge in [-0.15, -0.1) is 11.6 Å². The number of nitriles is 2. The number of alkyl halides is 1. The van der Waals surface area contributed by atoms with Crippen molar-refractivity contribution in [3.8, 4) is 12.1 Å². The van der Waals surface area contributed by atoms with Crippen molar-refractivity contribution in [3.63, 3.8) is 0 Å². The van der Waals surface area contributed by atoms with Gasteiger partial charge in [0.05, 0.1) is 29.0 Å². The Labute approximate surface area is 102 Å². The summed E-state index contributed by atoms with van der Waals surface area (Å²) in [4.78, 5) is -0.692. The Hall–Kier alpha value is -1.25. The molecule has 1 rings (SSSR count). The summed E-state index contributed by atoms with van der Waals surface area (Å²) in [6.07, 6.45) is 4.54. The first-order chi connectivity index (χ1) is 7.35. The van der Waals surface area contributed by atoms with Crippen LogP contribution in [0.15, 0.2) is 23.3 Å². The maximum Gasteiger partial charge on any atom is 0.0966 e. The summed E-state index contributed by atoms with van der Waals surface area (Å²) in [6.45, 7) is 6.04. The summed E-state index contributed by atoms with van der Waals surface area (Å²) in [6, 6.07) is 4.29. The molecule has 0 aromatic rings. The van der Waals surface area contributed by atoms with Crippen LogP contribution in [0.25, 0.3) is 0 Å². The van der Waals surface area contributed by atoms with Gasteiger partial charge in [-0.05, 0) is 17.9 Å². The molecule has 0 fully saturated rings. The zero-order valence-corrected chi connectivity index (χ0v) is 10.6. The molecule has 0 N–H and O–H groups in total. The number of hydrogen-bond donors (Lipinski definition) is 0. The van der Waals surface area contributed by atoms with Crippen LogP contribution in [-0.4, -0.2) is 4.87 Å². The van der Waals surface area contributed by atoms with Crippen LogP contribution in [0.5, 0.6) is 0 Å². The Balaban J connectivity index is 3.16. The molecule has 0 aliphatic heterocycles. The third-order valence-corrected chi connectivity index (χ3v) is 3.90. The highest BCUT2D eigenvalue weighted by molar-refractivity contribution is 6.27. The molecule has 0 saturated carbocycles. The second kappa shape index (κ2) is 4.32. The van der Waals surface area contributed by atoms with Crippen molar-refractivity contribution < 1.29 is 0 Å². The highest BCUT2D eigenvalue weighted by atomic mass is 35.5. The standard InChI is InChI=1S/C13H15ClN2/c1-12(2,3)13(14)8-10(6-7-15)4-5-11(13)9-16/h4-5H,6,8H2,1-3H3. The SMILES string of the molecule is CC(C)(C)C1(Cl)CC(CC#N)=CC=C1C#N. The molecule has 0 saturated heterocycles. The number of halogens is 1. The smallest absolute Gasteiger partial charge is 0.0966 e. The quantitative estimate of drug-likeness (QED) is 0.650. The first-order valence-corrected chi connectivity index (χ1v) is 5.59. The van der Waals surface area contributed by atoms with Gasteiger partial charge in [-0.25, -0.2) is 0 Å². The van der Waals surface area contributed by atoms with Gasteiger partial charge in [0.1, 0.15) is 0 Å². The molecule has 1 unspecified atom stereocenters. The average Bonchev–Trinajstić information content (AvgIpc) is 2.17. The van der Waals surface area contributed by atoms with Crippen LogP contribution in [-0.2, 0) is 0 Å². The second-order valence-corrected chi connectivity index (χ2v) is 5.73. The van der Waals surface area contributed by atoms with Crippen LogP contribution in [0.3, 0.4) is 0 Å². The van der Waals surface area contributed by atoms with E-state index < -0.39 is 4.87 Å². The minimum Gasteiger partial charge on any atom is -0.198 e. The van der Waals surface area contributed by atoms with E-state index in [0.717, 1.165) is 5.57 Å². The molecule has 1 aliphatic carbocycles. The Bertz CT molecular complexity index is 426. The summed E-state index contributed by atoms with van der Waals surface area (Å²) >= 11 is 6.61. The third-order valence-electron chi connectivity index (χ3n) is 3.00. The van der Waals surface area contributed by atoms with E-state index in [2.05, 4.69) is 12.1 Å². The lowest BCUT2D eigenvalue weighted by atomic mass is 9.70. The lowest BCUT2D eigenvalue weighted by molar-refractivity contribution is 0.308. The fourth-order valence-electron chi connectivity index (χ4n) is 1.82. The minimum absolute atomic E-state index is 0.217. The highest BCUT2D eigenvalue weighted by Crippen LogP contribution is 2.48. The molecule has 0 bridgehead atoms. The van der Waals surface area contributed by atoms with Crippen molar-refractivity contribution in [1.29, 1.82) is 10.5 Å². The predicted molar refractivity (Wildman–Crippen MR) is 64.7 cm³/mol. The van der Waals surface area contributed by atoms with Crippen molar-refractivity contribution in [1.82, 2.24) is 0 Å². The normalized spacial score (nSPS) is 25.1. The topological polar surface area (TPSA) is 47.6 Å². The van der Waals surface area contributed by atoms with Gasteiger partial charge in [0, 0.05) is 0 Å². The van der Waals surface area contributed by atoms with Crippen LogP contribution in [0.4, 0.5) is 0 Å². The molecule has 2 nitrogen and oxygen atoms in total. The van der Waals surface area contributed by atoms with Gasteiger partial charge in [0.2, 0.25) is 0 Å². The molecule has 0 spiro atoms. The van der Waals surface area contributed by atoms with Crippen molar-refractivity contribution >= 4 is 11.6 Å². The number of allylic oxidation sites excluding steroid dienone is 4. The molecule has 0 heterocycles. The Morgan fingerprint density at radius 3 is 2.44 bits per heavy atom. The summed E-state index contributed by atoms with van der Waals surface area (Å²) in [5.74, 6) is 0. The zero-order valence-electron chi connectivity index (χ0n) is 9.84. The van der Waals surface area contributed by atoms with Crippen molar-refractivity contribution in [3.05, 3.63) is 23.3 Å². The molecule has 0 radical (unpaired) electrons. The molecule has 0 aromatic heterocycles. The van der Waals surface area contributed by atoms with E-state index >= 15 is 0 Å². The molecular weight excluding hydrogens is 220 g/mol. The molecule has 16 heavy (non-hydrogen) atoms. The Morgan fingerprint density at radius 2 is 2.00 bits per heavy atom. The summed E-state index contributed by atoms with van der Waals surface area (Å²) in [5, 5.41) is 17.8. The first kappa shape index (κ1) is 12.8. The largest absolute Gasteiger partial charge is 0.198 e. The van der Waals surface area contributed by atoms with Gasteiger partial charge in [-0.1, -0.05) is 32.4 Å². The highest BCUT2D eigenvalue weighted by Gasteiger charge is 2.45. The molecular formula is C13H15ClN2. The Kier molecular flexibility index (Phi) is 3.46. The zero-order chi connectivity index (χ0) is 12.4. The van der Waals surface area contributed by atoms with Crippen molar-refractivity contribution in [2.45, 2.75) is 38.5 Å².